The highest BCUT2D eigenvalue weighted by Gasteiger charge is 2.20. The fourth-order valence-electron chi connectivity index (χ4n) is 1.93. The SMILES string of the molecule is COc1ccc(C(=O)[C@H](C)OC(=O)CNC(=O)c2ccco2)cc1. The lowest BCUT2D eigenvalue weighted by Gasteiger charge is -2.13. The van der Waals surface area contributed by atoms with Crippen LogP contribution in [0, 0.1) is 0 Å². The van der Waals surface area contributed by atoms with E-state index in [1.807, 2.05) is 0 Å². The van der Waals surface area contributed by atoms with Crippen molar-refractivity contribution in [1.82, 2.24) is 5.32 Å². The first kappa shape index (κ1) is 17.3. The van der Waals surface area contributed by atoms with Gasteiger partial charge in [-0.25, -0.2) is 0 Å². The van der Waals surface area contributed by atoms with E-state index in [1.165, 1.54) is 26.4 Å². The molecule has 0 bridgehead atoms. The average Bonchev–Trinajstić information content (AvgIpc) is 3.13. The fourth-order valence-corrected chi connectivity index (χ4v) is 1.93. The molecule has 0 radical (unpaired) electrons. The first-order valence-corrected chi connectivity index (χ1v) is 7.20. The summed E-state index contributed by atoms with van der Waals surface area (Å²) in [6.07, 6.45) is 0.384. The van der Waals surface area contributed by atoms with Gasteiger partial charge in [0.15, 0.2) is 11.9 Å². The molecule has 0 fully saturated rings. The van der Waals surface area contributed by atoms with Crippen molar-refractivity contribution in [3.8, 4) is 5.75 Å². The normalized spacial score (nSPS) is 11.4. The highest BCUT2D eigenvalue weighted by atomic mass is 16.5. The van der Waals surface area contributed by atoms with Crippen LogP contribution in [0.3, 0.4) is 0 Å². The van der Waals surface area contributed by atoms with Crippen molar-refractivity contribution < 1.29 is 28.3 Å². The van der Waals surface area contributed by atoms with Crippen molar-refractivity contribution >= 4 is 17.7 Å². The third-order valence-corrected chi connectivity index (χ3v) is 3.19. The number of methoxy groups -OCH3 is 1. The Bertz CT molecular complexity index is 705. The smallest absolute Gasteiger partial charge is 0.326 e. The van der Waals surface area contributed by atoms with E-state index in [2.05, 4.69) is 5.32 Å². The fraction of sp³-hybridized carbons (Fsp3) is 0.235. The summed E-state index contributed by atoms with van der Waals surface area (Å²) in [6.45, 7) is 1.11. The molecule has 0 aliphatic rings. The van der Waals surface area contributed by atoms with Gasteiger partial charge in [-0.1, -0.05) is 0 Å². The van der Waals surface area contributed by atoms with E-state index in [-0.39, 0.29) is 18.1 Å². The highest BCUT2D eigenvalue weighted by Crippen LogP contribution is 2.13. The molecule has 0 saturated carbocycles. The van der Waals surface area contributed by atoms with E-state index >= 15 is 0 Å². The second kappa shape index (κ2) is 7.96. The number of benzene rings is 1. The van der Waals surface area contributed by atoms with Gasteiger partial charge in [0.25, 0.3) is 5.91 Å². The molecule has 0 aliphatic heterocycles. The lowest BCUT2D eigenvalue weighted by Crippen LogP contribution is -2.33. The summed E-state index contributed by atoms with van der Waals surface area (Å²) >= 11 is 0. The molecule has 2 aromatic rings. The molecule has 1 amide bonds. The summed E-state index contributed by atoms with van der Waals surface area (Å²) in [7, 11) is 1.53. The Balaban J connectivity index is 1.83. The summed E-state index contributed by atoms with van der Waals surface area (Å²) < 4.78 is 14.9. The molecule has 7 heteroatoms. The molecule has 1 aromatic carbocycles. The molecule has 0 spiro atoms. The quantitative estimate of drug-likeness (QED) is 0.614. The van der Waals surface area contributed by atoms with Gasteiger partial charge in [-0.3, -0.25) is 14.4 Å². The molecule has 0 unspecified atom stereocenters. The zero-order chi connectivity index (χ0) is 17.5. The van der Waals surface area contributed by atoms with E-state index in [9.17, 15) is 14.4 Å². The number of hydrogen-bond donors (Lipinski definition) is 1. The standard InChI is InChI=1S/C17H17NO6/c1-11(16(20)12-5-7-13(22-2)8-6-12)24-15(19)10-18-17(21)14-4-3-9-23-14/h3-9,11H,10H2,1-2H3,(H,18,21)/t11-/m0/s1. The van der Waals surface area contributed by atoms with Crippen molar-refractivity contribution in [1.29, 1.82) is 0 Å². The number of hydrogen-bond acceptors (Lipinski definition) is 6. The Hall–Kier alpha value is -3.09. The number of furan rings is 1. The van der Waals surface area contributed by atoms with Crippen LogP contribution in [0.15, 0.2) is 47.1 Å². The minimum Gasteiger partial charge on any atom is -0.497 e. The maximum atomic E-state index is 12.2. The highest BCUT2D eigenvalue weighted by molar-refractivity contribution is 6.00. The van der Waals surface area contributed by atoms with Crippen LogP contribution in [0.4, 0.5) is 0 Å². The van der Waals surface area contributed by atoms with E-state index in [0.29, 0.717) is 11.3 Å². The third kappa shape index (κ3) is 4.45. The van der Waals surface area contributed by atoms with Crippen LogP contribution in [0.1, 0.15) is 27.8 Å². The molecule has 0 aliphatic carbocycles. The molecule has 1 heterocycles. The largest absolute Gasteiger partial charge is 0.497 e. The third-order valence-electron chi connectivity index (χ3n) is 3.19. The Morgan fingerprint density at radius 3 is 2.46 bits per heavy atom. The summed E-state index contributed by atoms with van der Waals surface area (Å²) in [6, 6.07) is 9.49. The topological polar surface area (TPSA) is 94.8 Å². The second-order valence-corrected chi connectivity index (χ2v) is 4.88. The van der Waals surface area contributed by atoms with Gasteiger partial charge in [-0.15, -0.1) is 0 Å². The van der Waals surface area contributed by atoms with Crippen molar-refractivity contribution in [2.75, 3.05) is 13.7 Å². The van der Waals surface area contributed by atoms with Gasteiger partial charge in [0, 0.05) is 5.56 Å². The Labute approximate surface area is 138 Å². The average molecular weight is 331 g/mol. The molecule has 2 rings (SSSR count). The molecule has 1 atom stereocenters. The van der Waals surface area contributed by atoms with Gasteiger partial charge in [-0.05, 0) is 43.3 Å². The van der Waals surface area contributed by atoms with E-state index in [4.69, 9.17) is 13.9 Å². The lowest BCUT2D eigenvalue weighted by atomic mass is 10.1. The van der Waals surface area contributed by atoms with Gasteiger partial charge in [0.1, 0.15) is 12.3 Å². The predicted octanol–water partition coefficient (Wildman–Crippen LogP) is 1.83. The number of nitrogens with one attached hydrogen (secondary N) is 1. The van der Waals surface area contributed by atoms with Crippen LogP contribution in [0.25, 0.3) is 0 Å². The Kier molecular flexibility index (Phi) is 5.73. The van der Waals surface area contributed by atoms with E-state index in [1.54, 1.807) is 30.3 Å². The molecule has 126 valence electrons. The number of ketones is 1. The number of carbonyl (C=O) groups excluding carboxylic acids is 3. The molecular weight excluding hydrogens is 314 g/mol. The lowest BCUT2D eigenvalue weighted by molar-refractivity contribution is -0.145. The van der Waals surface area contributed by atoms with Crippen LogP contribution < -0.4 is 10.1 Å². The number of Topliss-reactive ketones (excluding diaryl/α,β-unsaturated/α-hetero) is 1. The molecule has 24 heavy (non-hydrogen) atoms. The Morgan fingerprint density at radius 1 is 1.17 bits per heavy atom. The van der Waals surface area contributed by atoms with Gasteiger partial charge >= 0.3 is 5.97 Å². The van der Waals surface area contributed by atoms with Crippen molar-refractivity contribution in [2.24, 2.45) is 0 Å². The Morgan fingerprint density at radius 2 is 1.88 bits per heavy atom. The van der Waals surface area contributed by atoms with Crippen LogP contribution in [0.2, 0.25) is 0 Å². The van der Waals surface area contributed by atoms with Gasteiger partial charge in [0.05, 0.1) is 13.4 Å². The van der Waals surface area contributed by atoms with E-state index in [0.717, 1.165) is 0 Å². The maximum Gasteiger partial charge on any atom is 0.326 e. The second-order valence-electron chi connectivity index (χ2n) is 4.88. The maximum absolute atomic E-state index is 12.2. The van der Waals surface area contributed by atoms with Crippen molar-refractivity contribution in [2.45, 2.75) is 13.0 Å². The summed E-state index contributed by atoms with van der Waals surface area (Å²) in [4.78, 5) is 35.5. The number of rotatable bonds is 7. The van der Waals surface area contributed by atoms with Gasteiger partial charge < -0.3 is 19.2 Å². The van der Waals surface area contributed by atoms with Crippen LogP contribution in [-0.2, 0) is 9.53 Å². The summed E-state index contributed by atoms with van der Waals surface area (Å²) in [5.74, 6) is -0.888. The predicted molar refractivity (Wildman–Crippen MR) is 83.9 cm³/mol. The zero-order valence-corrected chi connectivity index (χ0v) is 13.3. The van der Waals surface area contributed by atoms with Crippen molar-refractivity contribution in [3.05, 3.63) is 54.0 Å². The minimum absolute atomic E-state index is 0.0881. The first-order chi connectivity index (χ1) is 11.5. The molecule has 1 N–H and O–H groups in total. The number of esters is 1. The zero-order valence-electron chi connectivity index (χ0n) is 13.3. The van der Waals surface area contributed by atoms with Crippen LogP contribution >= 0.6 is 0 Å². The summed E-state index contributed by atoms with van der Waals surface area (Å²) in [5.41, 5.74) is 0.399. The molecular formula is C17H17NO6. The van der Waals surface area contributed by atoms with Crippen LogP contribution in [-0.4, -0.2) is 37.4 Å². The van der Waals surface area contributed by atoms with Gasteiger partial charge in [-0.2, -0.15) is 0 Å². The van der Waals surface area contributed by atoms with Crippen LogP contribution in [0.5, 0.6) is 5.75 Å². The number of carbonyl (C=O) groups is 3. The monoisotopic (exact) mass is 331 g/mol. The van der Waals surface area contributed by atoms with Gasteiger partial charge in [0.2, 0.25) is 5.78 Å². The number of amides is 1. The first-order valence-electron chi connectivity index (χ1n) is 7.20. The minimum atomic E-state index is -0.966. The molecule has 7 nitrogen and oxygen atoms in total. The number of ether oxygens (including phenoxy) is 2. The molecule has 1 aromatic heterocycles. The van der Waals surface area contributed by atoms with E-state index < -0.39 is 18.0 Å². The molecule has 0 saturated heterocycles. The van der Waals surface area contributed by atoms with Crippen molar-refractivity contribution in [3.63, 3.8) is 0 Å². The summed E-state index contributed by atoms with van der Waals surface area (Å²) in [5, 5.41) is 2.35.